The summed E-state index contributed by atoms with van der Waals surface area (Å²) in [6.07, 6.45) is -10.8. The maximum absolute atomic E-state index is 13.0. The molecule has 0 aromatic rings. The van der Waals surface area contributed by atoms with E-state index in [1.807, 2.05) is 0 Å². The number of carbonyl (C=O) groups is 2. The van der Waals surface area contributed by atoms with Crippen LogP contribution in [0.5, 0.6) is 0 Å². The molecule has 3 fully saturated rings. The molecule has 3 saturated carbocycles. The van der Waals surface area contributed by atoms with Crippen LogP contribution in [0.1, 0.15) is 25.7 Å². The zero-order valence-electron chi connectivity index (χ0n) is 11.4. The van der Waals surface area contributed by atoms with Crippen LogP contribution in [0.25, 0.3) is 0 Å². The number of rotatable bonds is 0. The summed E-state index contributed by atoms with van der Waals surface area (Å²) in [7, 11) is 0. The lowest BCUT2D eigenvalue weighted by molar-refractivity contribution is -0.214. The Morgan fingerprint density at radius 1 is 0.682 bits per heavy atom. The largest absolute Gasteiger partial charge is 0.391 e. The van der Waals surface area contributed by atoms with Gasteiger partial charge in [0.05, 0.1) is 11.8 Å². The lowest BCUT2D eigenvalue weighted by Gasteiger charge is -2.45. The normalized spacial score (nSPS) is 42.5. The molecule has 4 atom stereocenters. The van der Waals surface area contributed by atoms with Gasteiger partial charge in [0.25, 0.3) is 0 Å². The summed E-state index contributed by atoms with van der Waals surface area (Å²) in [5.41, 5.74) is 0. The molecule has 8 heteroatoms. The van der Waals surface area contributed by atoms with Crippen LogP contribution in [-0.4, -0.2) is 23.9 Å². The van der Waals surface area contributed by atoms with Gasteiger partial charge in [0.1, 0.15) is 0 Å². The van der Waals surface area contributed by atoms with E-state index in [1.54, 1.807) is 0 Å². The number of carbonyl (C=O) groups excluding carboxylic acids is 2. The van der Waals surface area contributed by atoms with Crippen molar-refractivity contribution in [1.82, 2.24) is 0 Å². The van der Waals surface area contributed by atoms with E-state index in [2.05, 4.69) is 0 Å². The molecule has 0 radical (unpaired) electrons. The minimum atomic E-state index is -4.54. The maximum atomic E-state index is 13.0. The smallest absolute Gasteiger partial charge is 0.291 e. The van der Waals surface area contributed by atoms with E-state index in [0.29, 0.717) is 0 Å². The van der Waals surface area contributed by atoms with E-state index in [4.69, 9.17) is 0 Å². The molecule has 0 saturated heterocycles. The monoisotopic (exact) mass is 328 g/mol. The lowest BCUT2D eigenvalue weighted by Crippen LogP contribution is -2.45. The third-order valence-electron chi connectivity index (χ3n) is 5.57. The Labute approximate surface area is 122 Å². The summed E-state index contributed by atoms with van der Waals surface area (Å²) >= 11 is 0. The van der Waals surface area contributed by atoms with Crippen LogP contribution in [-0.2, 0) is 9.59 Å². The first-order chi connectivity index (χ1) is 10.00. The minimum Gasteiger partial charge on any atom is -0.291 e. The van der Waals surface area contributed by atoms with E-state index in [9.17, 15) is 35.9 Å². The first-order valence-corrected chi connectivity index (χ1v) is 7.21. The van der Waals surface area contributed by atoms with E-state index >= 15 is 0 Å². The first kappa shape index (κ1) is 15.8. The van der Waals surface area contributed by atoms with Crippen LogP contribution in [0.3, 0.4) is 0 Å². The number of Topliss-reactive ketones (excluding diaryl/α,β-unsaturated/α-hetero) is 2. The van der Waals surface area contributed by atoms with Gasteiger partial charge in [0, 0.05) is 11.8 Å². The van der Waals surface area contributed by atoms with Crippen molar-refractivity contribution in [1.29, 1.82) is 0 Å². The van der Waals surface area contributed by atoms with Gasteiger partial charge in [-0.25, -0.2) is 0 Å². The number of alkyl halides is 6. The molecular weight excluding hydrogens is 314 g/mol. The van der Waals surface area contributed by atoms with Gasteiger partial charge in [-0.1, -0.05) is 0 Å². The molecule has 3 rings (SSSR count). The molecule has 2 nitrogen and oxygen atoms in total. The van der Waals surface area contributed by atoms with Crippen molar-refractivity contribution in [2.75, 3.05) is 0 Å². The molecule has 0 heterocycles. The van der Waals surface area contributed by atoms with Gasteiger partial charge in [-0.05, 0) is 37.5 Å². The number of ketones is 2. The van der Waals surface area contributed by atoms with Crippen LogP contribution in [0.4, 0.5) is 26.3 Å². The molecule has 0 amide bonds. The van der Waals surface area contributed by atoms with E-state index in [1.165, 1.54) is 0 Å². The average molecular weight is 328 g/mol. The fourth-order valence-electron chi connectivity index (χ4n) is 4.66. The molecule has 0 spiro atoms. The highest BCUT2D eigenvalue weighted by Gasteiger charge is 2.62. The van der Waals surface area contributed by atoms with Crippen LogP contribution < -0.4 is 0 Å². The van der Waals surface area contributed by atoms with E-state index in [-0.39, 0.29) is 0 Å². The van der Waals surface area contributed by atoms with Gasteiger partial charge < -0.3 is 0 Å². The van der Waals surface area contributed by atoms with Gasteiger partial charge in [-0.3, -0.25) is 9.59 Å². The summed E-state index contributed by atoms with van der Waals surface area (Å²) in [4.78, 5) is 23.8. The molecule has 4 unspecified atom stereocenters. The molecule has 124 valence electrons. The van der Waals surface area contributed by atoms with Crippen LogP contribution >= 0.6 is 0 Å². The molecule has 0 N–H and O–H groups in total. The van der Waals surface area contributed by atoms with Crippen molar-refractivity contribution >= 4 is 11.6 Å². The highest BCUT2D eigenvalue weighted by molar-refractivity contribution is 6.41. The summed E-state index contributed by atoms with van der Waals surface area (Å²) in [5, 5.41) is 0. The summed E-state index contributed by atoms with van der Waals surface area (Å²) in [6.45, 7) is 0. The third kappa shape index (κ3) is 2.34. The molecule has 0 bridgehead atoms. The van der Waals surface area contributed by atoms with Gasteiger partial charge in [0.2, 0.25) is 11.6 Å². The van der Waals surface area contributed by atoms with Crippen molar-refractivity contribution in [3.8, 4) is 0 Å². The standard InChI is InChI=1S/C14H14F6O2/c15-13(16,17)6-1-5-2-7(14(18,19)20)4-9-10(5)8(3-6)11(21)12(9)22/h5-10H,1-4H2. The first-order valence-electron chi connectivity index (χ1n) is 7.21. The predicted molar refractivity (Wildman–Crippen MR) is 61.5 cm³/mol. The average Bonchev–Trinajstić information content (AvgIpc) is 2.63. The molecule has 0 aromatic carbocycles. The molecule has 22 heavy (non-hydrogen) atoms. The Hall–Kier alpha value is -1.08. The Morgan fingerprint density at radius 2 is 1.05 bits per heavy atom. The molecule has 3 aliphatic carbocycles. The predicted octanol–water partition coefficient (Wildman–Crippen LogP) is 3.55. The van der Waals surface area contributed by atoms with Crippen molar-refractivity contribution < 1.29 is 35.9 Å². The zero-order valence-corrected chi connectivity index (χ0v) is 11.4. The van der Waals surface area contributed by atoms with Gasteiger partial charge in [0.15, 0.2) is 0 Å². The highest BCUT2D eigenvalue weighted by Crippen LogP contribution is 2.58. The Morgan fingerprint density at radius 3 is 1.36 bits per heavy atom. The summed E-state index contributed by atoms with van der Waals surface area (Å²) < 4.78 is 77.8. The van der Waals surface area contributed by atoms with Crippen LogP contribution in [0.15, 0.2) is 0 Å². The van der Waals surface area contributed by atoms with Gasteiger partial charge >= 0.3 is 12.4 Å². The molecule has 0 aliphatic heterocycles. The van der Waals surface area contributed by atoms with E-state index < -0.39 is 85.1 Å². The number of hydrogen-bond acceptors (Lipinski definition) is 2. The van der Waals surface area contributed by atoms with Crippen LogP contribution in [0, 0.1) is 35.5 Å². The quantitative estimate of drug-likeness (QED) is 0.503. The molecule has 3 aliphatic rings. The van der Waals surface area contributed by atoms with Gasteiger partial charge in [-0.2, -0.15) is 26.3 Å². The SMILES string of the molecule is O=C1C(=O)C2CC(C(F)(F)F)CC3CC(C(F)(F)F)CC1C32. The summed E-state index contributed by atoms with van der Waals surface area (Å²) in [5.74, 6) is -8.94. The zero-order chi connectivity index (χ0) is 16.4. The highest BCUT2D eigenvalue weighted by atomic mass is 19.4. The Balaban J connectivity index is 1.93. The second-order valence-electron chi connectivity index (χ2n) is 6.70. The maximum Gasteiger partial charge on any atom is 0.391 e. The van der Waals surface area contributed by atoms with Crippen molar-refractivity contribution in [2.24, 2.45) is 35.5 Å². The summed E-state index contributed by atoms with van der Waals surface area (Å²) in [6, 6.07) is 0. The topological polar surface area (TPSA) is 34.1 Å². The van der Waals surface area contributed by atoms with Crippen LogP contribution in [0.2, 0.25) is 0 Å². The third-order valence-corrected chi connectivity index (χ3v) is 5.57. The molecule has 0 aromatic heterocycles. The minimum absolute atomic E-state index is 0.408. The van der Waals surface area contributed by atoms with Crippen molar-refractivity contribution in [3.63, 3.8) is 0 Å². The van der Waals surface area contributed by atoms with E-state index in [0.717, 1.165) is 0 Å². The van der Waals surface area contributed by atoms with Crippen molar-refractivity contribution in [3.05, 3.63) is 0 Å². The fraction of sp³-hybridized carbons (Fsp3) is 0.857. The molecular formula is C14H14F6O2. The van der Waals surface area contributed by atoms with Gasteiger partial charge in [-0.15, -0.1) is 0 Å². The second kappa shape index (κ2) is 4.71. The Kier molecular flexibility index (Phi) is 3.38. The number of halogens is 6. The fourth-order valence-corrected chi connectivity index (χ4v) is 4.66. The number of hydrogen-bond donors (Lipinski definition) is 0. The Bertz CT molecular complexity index is 464. The second-order valence-corrected chi connectivity index (χ2v) is 6.70. The van der Waals surface area contributed by atoms with Crippen molar-refractivity contribution in [2.45, 2.75) is 38.0 Å². The lowest BCUT2D eigenvalue weighted by atomic mass is 9.59.